The highest BCUT2D eigenvalue weighted by atomic mass is 16.3. The van der Waals surface area contributed by atoms with Gasteiger partial charge < -0.3 is 14.2 Å². The van der Waals surface area contributed by atoms with Crippen LogP contribution in [-0.2, 0) is 6.54 Å². The minimum Gasteiger partial charge on any atom is -0.465 e. The number of piperidine rings is 1. The summed E-state index contributed by atoms with van der Waals surface area (Å²) in [6.45, 7) is 5.02. The predicted molar refractivity (Wildman–Crippen MR) is 96.5 cm³/mol. The first-order valence-corrected chi connectivity index (χ1v) is 8.54. The first-order valence-electron chi connectivity index (χ1n) is 8.54. The summed E-state index contributed by atoms with van der Waals surface area (Å²) in [6.07, 6.45) is 4.21. The maximum Gasteiger partial charge on any atom is 0.226 e. The van der Waals surface area contributed by atoms with E-state index in [1.807, 2.05) is 44.2 Å². The summed E-state index contributed by atoms with van der Waals surface area (Å²) in [7, 11) is 6.06. The fraction of sp³-hybridized carbons (Fsp3) is 0.556. The highest BCUT2D eigenvalue weighted by Crippen LogP contribution is 2.22. The van der Waals surface area contributed by atoms with E-state index in [0.29, 0.717) is 6.04 Å². The molecule has 0 aromatic carbocycles. The molecular weight excluding hydrogens is 302 g/mol. The van der Waals surface area contributed by atoms with Crippen molar-refractivity contribution in [1.29, 1.82) is 0 Å². The second kappa shape index (κ2) is 7.21. The number of hydrogen-bond acceptors (Lipinski definition) is 6. The quantitative estimate of drug-likeness (QED) is 0.840. The van der Waals surface area contributed by atoms with Gasteiger partial charge >= 0.3 is 0 Å². The molecule has 0 spiro atoms. The maximum absolute atomic E-state index is 5.73. The van der Waals surface area contributed by atoms with Crippen LogP contribution in [0.15, 0.2) is 28.8 Å². The monoisotopic (exact) mass is 329 g/mol. The zero-order chi connectivity index (χ0) is 17.1. The molecule has 24 heavy (non-hydrogen) atoms. The van der Waals surface area contributed by atoms with Crippen LogP contribution in [0.1, 0.15) is 24.4 Å². The van der Waals surface area contributed by atoms with E-state index in [4.69, 9.17) is 4.42 Å². The molecule has 2 aromatic rings. The van der Waals surface area contributed by atoms with E-state index in [-0.39, 0.29) is 0 Å². The van der Waals surface area contributed by atoms with Gasteiger partial charge in [0.25, 0.3) is 0 Å². The molecule has 0 aliphatic carbocycles. The summed E-state index contributed by atoms with van der Waals surface area (Å²) in [4.78, 5) is 15.7. The fourth-order valence-corrected chi connectivity index (χ4v) is 3.22. The van der Waals surface area contributed by atoms with Crippen molar-refractivity contribution in [3.8, 4) is 0 Å². The third kappa shape index (κ3) is 3.87. The van der Waals surface area contributed by atoms with Gasteiger partial charge in [0.1, 0.15) is 17.3 Å². The molecule has 0 saturated carbocycles. The van der Waals surface area contributed by atoms with E-state index < -0.39 is 0 Å². The van der Waals surface area contributed by atoms with Crippen LogP contribution in [0.4, 0.5) is 11.8 Å². The Balaban J connectivity index is 1.66. The first-order chi connectivity index (χ1) is 11.5. The summed E-state index contributed by atoms with van der Waals surface area (Å²) >= 11 is 0. The summed E-state index contributed by atoms with van der Waals surface area (Å²) < 4.78 is 5.73. The number of hydrogen-bond donors (Lipinski definition) is 0. The molecule has 3 rings (SSSR count). The zero-order valence-electron chi connectivity index (χ0n) is 15.1. The SMILES string of the molecule is Cc1ccc(CN2CCCC(N(C)c3ccnc(N(C)C)n3)C2)o1. The van der Waals surface area contributed by atoms with Gasteiger partial charge in [-0.2, -0.15) is 4.98 Å². The van der Waals surface area contributed by atoms with E-state index in [1.54, 1.807) is 0 Å². The number of furan rings is 1. The number of aryl methyl sites for hydroxylation is 1. The van der Waals surface area contributed by atoms with Crippen LogP contribution in [0.3, 0.4) is 0 Å². The smallest absolute Gasteiger partial charge is 0.226 e. The Bertz CT molecular complexity index is 669. The van der Waals surface area contributed by atoms with E-state index in [1.165, 1.54) is 12.8 Å². The lowest BCUT2D eigenvalue weighted by Crippen LogP contribution is -2.46. The van der Waals surface area contributed by atoms with Crippen molar-refractivity contribution in [1.82, 2.24) is 14.9 Å². The molecule has 0 N–H and O–H groups in total. The molecule has 3 heterocycles. The highest BCUT2D eigenvalue weighted by Gasteiger charge is 2.25. The number of anilines is 2. The molecule has 6 heteroatoms. The maximum atomic E-state index is 5.73. The molecule has 0 bridgehead atoms. The minimum absolute atomic E-state index is 0.458. The van der Waals surface area contributed by atoms with Gasteiger partial charge in [0.15, 0.2) is 0 Å². The van der Waals surface area contributed by atoms with Gasteiger partial charge in [-0.3, -0.25) is 4.90 Å². The van der Waals surface area contributed by atoms with Gasteiger partial charge in [-0.1, -0.05) is 0 Å². The van der Waals surface area contributed by atoms with E-state index in [0.717, 1.165) is 42.9 Å². The molecule has 1 saturated heterocycles. The number of rotatable bonds is 5. The molecule has 130 valence electrons. The van der Waals surface area contributed by atoms with E-state index in [2.05, 4.69) is 32.9 Å². The Hall–Kier alpha value is -2.08. The Kier molecular flexibility index (Phi) is 5.04. The first kappa shape index (κ1) is 16.8. The van der Waals surface area contributed by atoms with Crippen LogP contribution in [0.5, 0.6) is 0 Å². The van der Waals surface area contributed by atoms with Gasteiger partial charge in [-0.15, -0.1) is 0 Å². The van der Waals surface area contributed by atoms with Crippen molar-refractivity contribution < 1.29 is 4.42 Å². The van der Waals surface area contributed by atoms with E-state index >= 15 is 0 Å². The van der Waals surface area contributed by atoms with Gasteiger partial charge in [0.05, 0.1) is 6.54 Å². The van der Waals surface area contributed by atoms with Gasteiger partial charge in [-0.25, -0.2) is 4.98 Å². The summed E-state index contributed by atoms with van der Waals surface area (Å²) in [6, 6.07) is 6.56. The number of aromatic nitrogens is 2. The Morgan fingerprint density at radius 1 is 1.25 bits per heavy atom. The number of nitrogens with zero attached hydrogens (tertiary/aromatic N) is 5. The molecule has 1 aliphatic rings. The largest absolute Gasteiger partial charge is 0.465 e. The van der Waals surface area contributed by atoms with Crippen LogP contribution >= 0.6 is 0 Å². The molecular formula is C18H27N5O. The molecule has 1 atom stereocenters. The van der Waals surface area contributed by atoms with Crippen molar-refractivity contribution in [2.75, 3.05) is 44.0 Å². The fourth-order valence-electron chi connectivity index (χ4n) is 3.22. The van der Waals surface area contributed by atoms with Gasteiger partial charge in [0, 0.05) is 39.9 Å². The van der Waals surface area contributed by atoms with Crippen molar-refractivity contribution in [2.45, 2.75) is 32.4 Å². The third-order valence-corrected chi connectivity index (χ3v) is 4.59. The molecule has 0 radical (unpaired) electrons. The average Bonchev–Trinajstić information content (AvgIpc) is 2.99. The molecule has 1 fully saturated rings. The molecule has 1 aliphatic heterocycles. The standard InChI is InChI=1S/C18H27N5O/c1-14-7-8-16(24-14)13-23-11-5-6-15(12-23)22(4)17-9-10-19-18(20-17)21(2)3/h7-10,15H,5-6,11-13H2,1-4H3. The number of likely N-dealkylation sites (N-methyl/N-ethyl adjacent to an activating group) is 1. The normalized spacial score (nSPS) is 18.6. The Morgan fingerprint density at radius 2 is 2.08 bits per heavy atom. The zero-order valence-corrected chi connectivity index (χ0v) is 15.1. The Labute approximate surface area is 144 Å². The number of likely N-dealkylation sites (tertiary alicyclic amines) is 1. The van der Waals surface area contributed by atoms with Gasteiger partial charge in [-0.05, 0) is 44.5 Å². The van der Waals surface area contributed by atoms with Crippen LogP contribution in [0.2, 0.25) is 0 Å². The summed E-state index contributed by atoms with van der Waals surface area (Å²) in [5.41, 5.74) is 0. The van der Waals surface area contributed by atoms with Crippen LogP contribution < -0.4 is 9.80 Å². The second-order valence-electron chi connectivity index (χ2n) is 6.76. The molecule has 6 nitrogen and oxygen atoms in total. The van der Waals surface area contributed by atoms with Crippen molar-refractivity contribution in [3.05, 3.63) is 35.9 Å². The lowest BCUT2D eigenvalue weighted by molar-refractivity contribution is 0.184. The van der Waals surface area contributed by atoms with Crippen molar-refractivity contribution in [3.63, 3.8) is 0 Å². The third-order valence-electron chi connectivity index (χ3n) is 4.59. The lowest BCUT2D eigenvalue weighted by Gasteiger charge is -2.38. The molecule has 1 unspecified atom stereocenters. The lowest BCUT2D eigenvalue weighted by atomic mass is 10.0. The summed E-state index contributed by atoms with van der Waals surface area (Å²) in [5.74, 6) is 3.76. The van der Waals surface area contributed by atoms with E-state index in [9.17, 15) is 0 Å². The van der Waals surface area contributed by atoms with Crippen molar-refractivity contribution in [2.24, 2.45) is 0 Å². The minimum atomic E-state index is 0.458. The van der Waals surface area contributed by atoms with Crippen molar-refractivity contribution >= 4 is 11.8 Å². The van der Waals surface area contributed by atoms with Crippen LogP contribution in [-0.4, -0.2) is 55.1 Å². The predicted octanol–water partition coefficient (Wildman–Crippen LogP) is 2.54. The highest BCUT2D eigenvalue weighted by molar-refractivity contribution is 5.43. The summed E-state index contributed by atoms with van der Waals surface area (Å²) in [5, 5.41) is 0. The van der Waals surface area contributed by atoms with Crippen LogP contribution in [0.25, 0.3) is 0 Å². The van der Waals surface area contributed by atoms with Gasteiger partial charge in [0.2, 0.25) is 5.95 Å². The molecule has 2 aromatic heterocycles. The Morgan fingerprint density at radius 3 is 2.79 bits per heavy atom. The average molecular weight is 329 g/mol. The molecule has 0 amide bonds. The van der Waals surface area contributed by atoms with Crippen LogP contribution in [0, 0.1) is 6.92 Å². The second-order valence-corrected chi connectivity index (χ2v) is 6.76. The topological polar surface area (TPSA) is 48.6 Å².